The summed E-state index contributed by atoms with van der Waals surface area (Å²) in [6, 6.07) is 0. The van der Waals surface area contributed by atoms with Crippen LogP contribution in [0.25, 0.3) is 0 Å². The Kier molecular flexibility index (Phi) is 326. The van der Waals surface area contributed by atoms with E-state index in [9.17, 15) is 0 Å². The van der Waals surface area contributed by atoms with Crippen LogP contribution in [0.1, 0.15) is 0 Å². The molecule has 6 heteroatoms. The van der Waals surface area contributed by atoms with E-state index in [1.165, 1.54) is 0 Å². The molecule has 7 radical (unpaired) electrons. The van der Waals surface area contributed by atoms with Gasteiger partial charge in [-0.15, -0.1) is 0 Å². The number of rotatable bonds is 0. The van der Waals surface area contributed by atoms with E-state index in [4.69, 9.17) is 0 Å². The van der Waals surface area contributed by atoms with Gasteiger partial charge in [0.2, 0.25) is 0 Å². The summed E-state index contributed by atoms with van der Waals surface area (Å²) in [5, 5.41) is 0. The normalized spacial score (nSPS) is 0. The first-order chi connectivity index (χ1) is 0. The molecular weight excluding hydrogens is 460 g/mol. The second-order valence-electron chi connectivity index (χ2n) is 0. The van der Waals surface area contributed by atoms with Crippen LogP contribution < -0.4 is 0 Å². The summed E-state index contributed by atoms with van der Waals surface area (Å²) in [4.78, 5) is 0. The first kappa shape index (κ1) is 52.7. The monoisotopic (exact) mass is 459 g/mol. The molecule has 0 bridgehead atoms. The van der Waals surface area contributed by atoms with Crippen LogP contribution in [0, 0.1) is 0 Å². The predicted molar refractivity (Wildman–Crippen MR) is 5.75 cm³/mol. The van der Waals surface area contributed by atoms with Gasteiger partial charge in [0.1, 0.15) is 0 Å². The molecule has 0 aliphatic carbocycles. The average molecular weight is 460 g/mol. The molecule has 0 saturated heterocycles. The molecular formula is AgCu2NiSnTi. The van der Waals surface area contributed by atoms with Crippen molar-refractivity contribution in [1.29, 1.82) is 0 Å². The smallest absolute Gasteiger partial charge is 0 e. The van der Waals surface area contributed by atoms with Crippen molar-refractivity contribution in [2.75, 3.05) is 0 Å². The molecule has 0 nitrogen and oxygen atoms in total. The fourth-order valence-corrected chi connectivity index (χ4v) is 0. The van der Waals surface area contributed by atoms with Gasteiger partial charge >= 0.3 is 0 Å². The SMILES string of the molecule is [Ag].[Cu].[Cu].[Ni].[Sn].[Ti]. The summed E-state index contributed by atoms with van der Waals surface area (Å²) in [6.07, 6.45) is 0. The molecule has 0 unspecified atom stereocenters. The number of hydrogen-bond acceptors (Lipinski definition) is 0. The van der Waals surface area contributed by atoms with Gasteiger partial charge < -0.3 is 0 Å². The Bertz CT molecular complexity index is 13.5. The van der Waals surface area contributed by atoms with Crippen LogP contribution in [0.3, 0.4) is 0 Å². The molecule has 0 aliphatic heterocycles. The maximum atomic E-state index is 0. The van der Waals surface area contributed by atoms with Gasteiger partial charge in [0.25, 0.3) is 0 Å². The largest absolute Gasteiger partial charge is 0 e. The van der Waals surface area contributed by atoms with Crippen LogP contribution in [0.15, 0.2) is 0 Å². The van der Waals surface area contributed by atoms with E-state index in [1.54, 1.807) is 0 Å². The minimum atomic E-state index is 0. The fraction of sp³-hybridized carbons (Fsp3) is 0. The van der Waals surface area contributed by atoms with Gasteiger partial charge in [-0.2, -0.15) is 0 Å². The Morgan fingerprint density at radius 3 is 0.833 bits per heavy atom. The molecule has 0 heterocycles. The van der Waals surface area contributed by atoms with Gasteiger partial charge in [0, 0.05) is 119 Å². The van der Waals surface area contributed by atoms with Crippen LogP contribution in [0.2, 0.25) is 0 Å². The van der Waals surface area contributed by atoms with E-state index in [0.29, 0.717) is 0 Å². The molecule has 0 aromatic rings. The molecule has 6 heavy (non-hydrogen) atoms. The van der Waals surface area contributed by atoms with Crippen molar-refractivity contribution in [3.63, 3.8) is 0 Å². The molecule has 0 aromatic heterocycles. The molecule has 0 aromatic carbocycles. The van der Waals surface area contributed by atoms with E-state index in [0.717, 1.165) is 0 Å². The fourth-order valence-electron chi connectivity index (χ4n) is 0. The predicted octanol–water partition coefficient (Wildman–Crippen LogP) is -0.393. The summed E-state index contributed by atoms with van der Waals surface area (Å²) >= 11 is 0. The van der Waals surface area contributed by atoms with Gasteiger partial charge in [-0.25, -0.2) is 0 Å². The van der Waals surface area contributed by atoms with Crippen LogP contribution in [0.4, 0.5) is 0 Å². The third kappa shape index (κ3) is 25.0. The maximum Gasteiger partial charge on any atom is 0 e. The molecule has 51 valence electrons. The topological polar surface area (TPSA) is 0 Å². The zero-order chi connectivity index (χ0) is 0. The minimum absolute atomic E-state index is 0. The summed E-state index contributed by atoms with van der Waals surface area (Å²) in [5.74, 6) is 0. The van der Waals surface area contributed by atoms with Crippen molar-refractivity contribution in [2.45, 2.75) is 0 Å². The van der Waals surface area contributed by atoms with Gasteiger partial charge in [0.15, 0.2) is 0 Å². The van der Waals surface area contributed by atoms with E-state index in [-0.39, 0.29) is 119 Å². The van der Waals surface area contributed by atoms with Crippen LogP contribution in [-0.2, 0) is 94.7 Å². The van der Waals surface area contributed by atoms with Crippen molar-refractivity contribution in [3.05, 3.63) is 0 Å². The van der Waals surface area contributed by atoms with Crippen LogP contribution in [0.5, 0.6) is 0 Å². The van der Waals surface area contributed by atoms with E-state index in [1.807, 2.05) is 0 Å². The van der Waals surface area contributed by atoms with E-state index >= 15 is 0 Å². The Morgan fingerprint density at radius 2 is 0.833 bits per heavy atom. The average Bonchev–Trinajstić information content (AvgIpc) is 0. The van der Waals surface area contributed by atoms with Gasteiger partial charge in [-0.1, -0.05) is 0 Å². The molecule has 0 rings (SSSR count). The third-order valence-corrected chi connectivity index (χ3v) is 0. The van der Waals surface area contributed by atoms with Crippen LogP contribution in [-0.4, -0.2) is 23.9 Å². The van der Waals surface area contributed by atoms with Crippen LogP contribution >= 0.6 is 0 Å². The Balaban J connectivity index is 0. The molecule has 0 N–H and O–H groups in total. The molecule has 0 fully saturated rings. The van der Waals surface area contributed by atoms with Crippen molar-refractivity contribution in [1.82, 2.24) is 0 Å². The molecule has 0 spiro atoms. The standard InChI is InChI=1S/Ag.2Cu.Ni.Sn.Ti. The quantitative estimate of drug-likeness (QED) is 0.433. The first-order valence-electron chi connectivity index (χ1n) is 0. The Labute approximate surface area is 116 Å². The summed E-state index contributed by atoms with van der Waals surface area (Å²) in [7, 11) is 0. The third-order valence-electron chi connectivity index (χ3n) is 0. The van der Waals surface area contributed by atoms with Crippen molar-refractivity contribution >= 4 is 23.9 Å². The van der Waals surface area contributed by atoms with Gasteiger partial charge in [-0.05, 0) is 0 Å². The van der Waals surface area contributed by atoms with E-state index < -0.39 is 0 Å². The molecule has 0 saturated carbocycles. The minimum Gasteiger partial charge on any atom is 0 e. The second kappa shape index (κ2) is 37.2. The second-order valence-corrected chi connectivity index (χ2v) is 0. The molecule has 0 aliphatic rings. The van der Waals surface area contributed by atoms with Crippen molar-refractivity contribution in [2.24, 2.45) is 0 Å². The van der Waals surface area contributed by atoms with E-state index in [2.05, 4.69) is 0 Å². The summed E-state index contributed by atoms with van der Waals surface area (Å²) in [6.45, 7) is 0. The molecule has 0 amide bonds. The maximum absolute atomic E-state index is 0. The number of hydrogen-bond donors (Lipinski definition) is 0. The van der Waals surface area contributed by atoms with Gasteiger partial charge in [-0.3, -0.25) is 0 Å². The Hall–Kier alpha value is 3.79. The van der Waals surface area contributed by atoms with Crippen molar-refractivity contribution in [3.8, 4) is 0 Å². The summed E-state index contributed by atoms with van der Waals surface area (Å²) in [5.41, 5.74) is 0. The zero-order valence-corrected chi connectivity index (χ0v) is 11.0. The summed E-state index contributed by atoms with van der Waals surface area (Å²) < 4.78 is 0. The Morgan fingerprint density at radius 1 is 0.833 bits per heavy atom. The molecule has 0 atom stereocenters. The zero-order valence-electron chi connectivity index (χ0n) is 2.22. The van der Waals surface area contributed by atoms with Gasteiger partial charge in [0.05, 0.1) is 0 Å². The van der Waals surface area contributed by atoms with Crippen molar-refractivity contribution < 1.29 is 94.7 Å². The first-order valence-corrected chi connectivity index (χ1v) is 0.